The van der Waals surface area contributed by atoms with Crippen molar-refractivity contribution >= 4 is 26.7 Å². The van der Waals surface area contributed by atoms with E-state index < -0.39 is 38.2 Å². The highest BCUT2D eigenvalue weighted by atomic mass is 32.2. The van der Waals surface area contributed by atoms with Crippen LogP contribution in [-0.2, 0) is 32.0 Å². The van der Waals surface area contributed by atoms with Crippen molar-refractivity contribution in [2.24, 2.45) is 0 Å². The molecule has 1 N–H and O–H groups in total. The minimum Gasteiger partial charge on any atom is -0.493 e. The van der Waals surface area contributed by atoms with Crippen LogP contribution in [-0.4, -0.2) is 26.0 Å². The third-order valence-electron chi connectivity index (χ3n) is 5.66. The molecule has 1 aromatic heterocycles. The Hall–Kier alpha value is -3.27. The van der Waals surface area contributed by atoms with Gasteiger partial charge in [0.25, 0.3) is 0 Å². The number of esters is 1. The number of hydrogen-bond acceptors (Lipinski definition) is 5. The zero-order chi connectivity index (χ0) is 24.7. The summed E-state index contributed by atoms with van der Waals surface area (Å²) >= 11 is 0. The first-order valence-electron chi connectivity index (χ1n) is 10.5. The second kappa shape index (κ2) is 8.83. The Morgan fingerprint density at radius 2 is 2.00 bits per heavy atom. The highest BCUT2D eigenvalue weighted by Gasteiger charge is 2.39. The molecule has 2 aromatic carbocycles. The highest BCUT2D eigenvalue weighted by Crippen LogP contribution is 2.39. The van der Waals surface area contributed by atoms with Crippen LogP contribution in [0.15, 0.2) is 55.1 Å². The van der Waals surface area contributed by atoms with Crippen LogP contribution in [0, 0.1) is 0 Å². The summed E-state index contributed by atoms with van der Waals surface area (Å²) < 4.78 is 77.7. The lowest BCUT2D eigenvalue weighted by Crippen LogP contribution is -2.24. The lowest BCUT2D eigenvalue weighted by atomic mass is 10.1. The Labute approximate surface area is 194 Å². The third-order valence-corrected chi connectivity index (χ3v) is 7.78. The van der Waals surface area contributed by atoms with Gasteiger partial charge in [-0.25, -0.2) is 8.42 Å². The molecule has 0 aliphatic carbocycles. The van der Waals surface area contributed by atoms with E-state index in [2.05, 4.69) is 11.6 Å². The maximum atomic E-state index is 13.7. The van der Waals surface area contributed by atoms with E-state index in [1.165, 1.54) is 25.1 Å². The summed E-state index contributed by atoms with van der Waals surface area (Å²) in [6, 6.07) is 9.26. The van der Waals surface area contributed by atoms with Crippen LogP contribution >= 0.6 is 0 Å². The van der Waals surface area contributed by atoms with Crippen molar-refractivity contribution in [1.29, 1.82) is 0 Å². The summed E-state index contributed by atoms with van der Waals surface area (Å²) in [7, 11) is -4.28. The molecule has 0 fully saturated rings. The average Bonchev–Trinajstić information content (AvgIpc) is 3.42. The zero-order valence-electron chi connectivity index (χ0n) is 18.2. The van der Waals surface area contributed by atoms with Gasteiger partial charge in [-0.2, -0.15) is 13.2 Å². The minimum atomic E-state index is -4.56. The number of nitrogens with one attached hydrogen (secondary N) is 1. The van der Waals surface area contributed by atoms with E-state index in [1.807, 2.05) is 0 Å². The monoisotopic (exact) mass is 493 g/mol. The van der Waals surface area contributed by atoms with Gasteiger partial charge in [-0.15, -0.1) is 6.58 Å². The van der Waals surface area contributed by atoms with Crippen molar-refractivity contribution in [1.82, 2.24) is 4.98 Å². The first-order valence-corrected chi connectivity index (χ1v) is 12.2. The molecule has 2 atom stereocenters. The fourth-order valence-corrected chi connectivity index (χ4v) is 5.73. The third kappa shape index (κ3) is 4.42. The van der Waals surface area contributed by atoms with Gasteiger partial charge in [0.2, 0.25) is 15.3 Å². The van der Waals surface area contributed by atoms with Gasteiger partial charge >= 0.3 is 12.1 Å². The summed E-state index contributed by atoms with van der Waals surface area (Å²) in [5, 5.41) is -1.09. The molecular weight excluding hydrogens is 471 g/mol. The van der Waals surface area contributed by atoms with E-state index in [4.69, 9.17) is 9.47 Å². The molecular formula is C24H22F3NO5S. The predicted molar refractivity (Wildman–Crippen MR) is 120 cm³/mol. The Bertz CT molecular complexity index is 1360. The van der Waals surface area contributed by atoms with Gasteiger partial charge in [0.15, 0.2) is 0 Å². The SMILES string of the molecule is C=CC(c1ccc2c(c1)CCO2)S(=O)(=O)C(OC(=O)CC)c1cc2cc(C(F)(F)F)ccc2[nH]1. The summed E-state index contributed by atoms with van der Waals surface area (Å²) in [6.07, 6.45) is -2.77. The van der Waals surface area contributed by atoms with E-state index in [9.17, 15) is 26.4 Å². The fraction of sp³-hybridized carbons (Fsp3) is 0.292. The molecule has 180 valence electrons. The topological polar surface area (TPSA) is 85.5 Å². The number of H-pyrrole nitrogens is 1. The number of hydrogen-bond donors (Lipinski definition) is 1. The van der Waals surface area contributed by atoms with Gasteiger partial charge in [0.1, 0.15) is 11.0 Å². The normalized spacial score (nSPS) is 15.4. The summed E-state index contributed by atoms with van der Waals surface area (Å²) in [6.45, 7) is 5.68. The van der Waals surface area contributed by atoms with Gasteiger partial charge in [-0.05, 0) is 41.5 Å². The second-order valence-corrected chi connectivity index (χ2v) is 10.0. The molecule has 0 saturated carbocycles. The van der Waals surface area contributed by atoms with Crippen molar-refractivity contribution in [3.63, 3.8) is 0 Å². The summed E-state index contributed by atoms with van der Waals surface area (Å²) in [4.78, 5) is 15.0. The molecule has 10 heteroatoms. The van der Waals surface area contributed by atoms with Crippen LogP contribution < -0.4 is 4.74 Å². The first-order chi connectivity index (χ1) is 16.0. The molecule has 0 amide bonds. The van der Waals surface area contributed by atoms with Crippen LogP contribution in [0.4, 0.5) is 13.2 Å². The Morgan fingerprint density at radius 1 is 1.24 bits per heavy atom. The van der Waals surface area contributed by atoms with Gasteiger partial charge in [0, 0.05) is 23.7 Å². The van der Waals surface area contributed by atoms with Crippen molar-refractivity contribution < 1.29 is 35.9 Å². The Balaban J connectivity index is 1.79. The number of alkyl halides is 3. The molecule has 0 bridgehead atoms. The van der Waals surface area contributed by atoms with Crippen LogP contribution in [0.5, 0.6) is 5.75 Å². The van der Waals surface area contributed by atoms with E-state index in [1.54, 1.807) is 18.2 Å². The molecule has 34 heavy (non-hydrogen) atoms. The number of rotatable bonds is 7. The first kappa shape index (κ1) is 23.9. The quantitative estimate of drug-likeness (QED) is 0.351. The van der Waals surface area contributed by atoms with E-state index >= 15 is 0 Å². The lowest BCUT2D eigenvalue weighted by Gasteiger charge is -2.22. The number of ether oxygens (including phenoxy) is 2. The number of halogens is 3. The minimum absolute atomic E-state index is 0.0486. The fourth-order valence-electron chi connectivity index (χ4n) is 3.95. The number of benzene rings is 2. The van der Waals surface area contributed by atoms with Gasteiger partial charge in [0.05, 0.1) is 17.9 Å². The molecule has 1 aliphatic rings. The van der Waals surface area contributed by atoms with Crippen LogP contribution in [0.1, 0.15) is 46.4 Å². The number of sulfone groups is 1. The Morgan fingerprint density at radius 3 is 2.68 bits per heavy atom. The largest absolute Gasteiger partial charge is 0.493 e. The maximum Gasteiger partial charge on any atom is 0.416 e. The molecule has 1 aliphatic heterocycles. The standard InChI is InChI=1S/C24H22F3NO5S/c1-3-21(15-5-8-20-14(11-15)9-10-32-20)34(30,31)23(33-22(29)4-2)19-13-16-12-17(24(25,26)27)6-7-18(16)28-19/h3,5-8,11-13,21,23,28H,1,4,9-10H2,2H3. The maximum absolute atomic E-state index is 13.7. The molecule has 0 saturated heterocycles. The summed E-state index contributed by atoms with van der Waals surface area (Å²) in [5.74, 6) is -0.0950. The molecule has 4 rings (SSSR count). The number of aromatic nitrogens is 1. The molecule has 2 heterocycles. The molecule has 6 nitrogen and oxygen atoms in total. The van der Waals surface area contributed by atoms with Gasteiger partial charge in [-0.1, -0.05) is 25.1 Å². The number of aromatic amines is 1. The molecule has 2 unspecified atom stereocenters. The van der Waals surface area contributed by atoms with Crippen molar-refractivity contribution in [2.75, 3.05) is 6.61 Å². The van der Waals surface area contributed by atoms with Crippen molar-refractivity contribution in [3.8, 4) is 5.75 Å². The molecule has 0 radical (unpaired) electrons. The van der Waals surface area contributed by atoms with Crippen LogP contribution in [0.2, 0.25) is 0 Å². The van der Waals surface area contributed by atoms with E-state index in [-0.39, 0.29) is 23.0 Å². The van der Waals surface area contributed by atoms with E-state index in [0.717, 1.165) is 17.7 Å². The second-order valence-electron chi connectivity index (χ2n) is 7.91. The Kier molecular flexibility index (Phi) is 6.20. The lowest BCUT2D eigenvalue weighted by molar-refractivity contribution is -0.145. The van der Waals surface area contributed by atoms with Gasteiger partial charge < -0.3 is 14.5 Å². The van der Waals surface area contributed by atoms with Crippen molar-refractivity contribution in [2.45, 2.75) is 36.6 Å². The smallest absolute Gasteiger partial charge is 0.416 e. The zero-order valence-corrected chi connectivity index (χ0v) is 19.0. The number of carbonyl (C=O) groups is 1. The molecule has 0 spiro atoms. The van der Waals surface area contributed by atoms with Crippen molar-refractivity contribution in [3.05, 3.63) is 77.5 Å². The predicted octanol–water partition coefficient (Wildman–Crippen LogP) is 5.42. The number of fused-ring (bicyclic) bond motifs is 2. The van der Waals surface area contributed by atoms with Gasteiger partial charge in [-0.3, -0.25) is 4.79 Å². The average molecular weight is 494 g/mol. The van der Waals surface area contributed by atoms with E-state index in [0.29, 0.717) is 24.3 Å². The number of carbonyl (C=O) groups excluding carboxylic acids is 1. The van der Waals surface area contributed by atoms with Crippen LogP contribution in [0.3, 0.4) is 0 Å². The van der Waals surface area contributed by atoms with Crippen LogP contribution in [0.25, 0.3) is 10.9 Å². The summed E-state index contributed by atoms with van der Waals surface area (Å²) in [5.41, 5.74) is -1.14. The molecule has 3 aromatic rings. The highest BCUT2D eigenvalue weighted by molar-refractivity contribution is 7.91.